The molecule has 0 amide bonds. The lowest BCUT2D eigenvalue weighted by Crippen LogP contribution is -2.42. The van der Waals surface area contributed by atoms with Gasteiger partial charge in [0.25, 0.3) is 0 Å². The Labute approximate surface area is 114 Å². The Hall–Kier alpha value is -1.78. The number of ether oxygens (including phenoxy) is 1. The number of aliphatic hydroxyl groups excluding tert-OH is 1. The number of hydrogen-bond acceptors (Lipinski definition) is 4. The average molecular weight is 286 g/mol. The predicted octanol–water partition coefficient (Wildman–Crippen LogP) is 1.93. The normalized spacial score (nSPS) is 19.8. The van der Waals surface area contributed by atoms with Crippen LogP contribution in [0.1, 0.15) is 11.1 Å². The van der Waals surface area contributed by atoms with E-state index in [9.17, 15) is 13.2 Å². The van der Waals surface area contributed by atoms with E-state index in [1.807, 2.05) is 6.07 Å². The summed E-state index contributed by atoms with van der Waals surface area (Å²) < 4.78 is 43.9. The number of benzene rings is 1. The fraction of sp³-hybridized carbons (Fsp3) is 0.462. The first kappa shape index (κ1) is 14.6. The van der Waals surface area contributed by atoms with Gasteiger partial charge in [-0.25, -0.2) is 0 Å². The summed E-state index contributed by atoms with van der Waals surface area (Å²) in [4.78, 5) is 1.67. The number of hydrogen-bond donors (Lipinski definition) is 1. The van der Waals surface area contributed by atoms with Gasteiger partial charge in [-0.05, 0) is 17.7 Å². The molecule has 2 rings (SSSR count). The molecule has 0 bridgehead atoms. The second-order valence-electron chi connectivity index (χ2n) is 4.43. The number of morpholine rings is 1. The van der Waals surface area contributed by atoms with Crippen LogP contribution in [-0.2, 0) is 17.5 Å². The zero-order valence-electron chi connectivity index (χ0n) is 10.5. The first-order chi connectivity index (χ1) is 9.45. The van der Waals surface area contributed by atoms with Crippen molar-refractivity contribution >= 4 is 5.69 Å². The number of halogens is 3. The van der Waals surface area contributed by atoms with Crippen molar-refractivity contribution in [3.63, 3.8) is 0 Å². The minimum absolute atomic E-state index is 0.161. The Morgan fingerprint density at radius 2 is 2.20 bits per heavy atom. The zero-order chi connectivity index (χ0) is 14.8. The molecule has 1 fully saturated rings. The monoisotopic (exact) mass is 286 g/mol. The zero-order valence-corrected chi connectivity index (χ0v) is 10.5. The summed E-state index contributed by atoms with van der Waals surface area (Å²) in [5, 5.41) is 17.8. The summed E-state index contributed by atoms with van der Waals surface area (Å²) in [7, 11) is 0. The largest absolute Gasteiger partial charge is 0.416 e. The molecule has 1 aliphatic heterocycles. The SMILES string of the molecule is N#CC1CN(c2ccc(CO)c(C(F)(F)F)c2)CCO1. The molecule has 0 aliphatic carbocycles. The van der Waals surface area contributed by atoms with E-state index in [2.05, 4.69) is 0 Å². The van der Waals surface area contributed by atoms with Crippen molar-refractivity contribution in [2.45, 2.75) is 18.9 Å². The quantitative estimate of drug-likeness (QED) is 0.902. The van der Waals surface area contributed by atoms with Crippen molar-refractivity contribution in [2.75, 3.05) is 24.6 Å². The molecule has 7 heteroatoms. The highest BCUT2D eigenvalue weighted by Crippen LogP contribution is 2.35. The molecule has 20 heavy (non-hydrogen) atoms. The first-order valence-corrected chi connectivity index (χ1v) is 6.03. The lowest BCUT2D eigenvalue weighted by Gasteiger charge is -2.32. The van der Waals surface area contributed by atoms with Crippen LogP contribution >= 0.6 is 0 Å². The van der Waals surface area contributed by atoms with E-state index in [-0.39, 0.29) is 12.1 Å². The molecule has 1 aliphatic rings. The molecule has 1 aromatic rings. The number of anilines is 1. The van der Waals surface area contributed by atoms with Crippen LogP contribution in [0.4, 0.5) is 18.9 Å². The molecule has 1 atom stereocenters. The van der Waals surface area contributed by atoms with Crippen LogP contribution in [0.3, 0.4) is 0 Å². The number of nitriles is 1. The van der Waals surface area contributed by atoms with Gasteiger partial charge in [-0.15, -0.1) is 0 Å². The highest BCUT2D eigenvalue weighted by molar-refractivity contribution is 5.52. The second kappa shape index (κ2) is 5.69. The third kappa shape index (κ3) is 3.03. The smallest absolute Gasteiger partial charge is 0.392 e. The molecule has 4 nitrogen and oxygen atoms in total. The standard InChI is InChI=1S/C13H13F3N2O2/c14-13(15,16)12-5-10(2-1-9(12)8-19)18-3-4-20-11(6-17)7-18/h1-2,5,11,19H,3-4,7-8H2. The molecule has 1 heterocycles. The molecule has 0 aromatic heterocycles. The Morgan fingerprint density at radius 1 is 1.45 bits per heavy atom. The van der Waals surface area contributed by atoms with Crippen LogP contribution in [0.2, 0.25) is 0 Å². The minimum Gasteiger partial charge on any atom is -0.392 e. The highest BCUT2D eigenvalue weighted by Gasteiger charge is 2.34. The minimum atomic E-state index is -4.52. The van der Waals surface area contributed by atoms with E-state index in [0.717, 1.165) is 6.07 Å². The molecule has 108 valence electrons. The van der Waals surface area contributed by atoms with Crippen molar-refractivity contribution < 1.29 is 23.0 Å². The second-order valence-corrected chi connectivity index (χ2v) is 4.43. The fourth-order valence-electron chi connectivity index (χ4n) is 2.12. The lowest BCUT2D eigenvalue weighted by atomic mass is 10.1. The third-order valence-corrected chi connectivity index (χ3v) is 3.14. The van der Waals surface area contributed by atoms with Gasteiger partial charge in [-0.1, -0.05) is 6.07 Å². The van der Waals surface area contributed by atoms with Gasteiger partial charge in [0.15, 0.2) is 6.10 Å². The predicted molar refractivity (Wildman–Crippen MR) is 64.9 cm³/mol. The molecule has 1 unspecified atom stereocenters. The number of aliphatic hydroxyl groups is 1. The van der Waals surface area contributed by atoms with Gasteiger partial charge in [-0.2, -0.15) is 18.4 Å². The van der Waals surface area contributed by atoms with Crippen LogP contribution < -0.4 is 4.90 Å². The van der Waals surface area contributed by atoms with Gasteiger partial charge in [-0.3, -0.25) is 0 Å². The summed E-state index contributed by atoms with van der Waals surface area (Å²) in [5.41, 5.74) is -0.637. The number of alkyl halides is 3. The van der Waals surface area contributed by atoms with Crippen LogP contribution in [0, 0.1) is 11.3 Å². The summed E-state index contributed by atoms with van der Waals surface area (Å²) in [6.45, 7) is 0.278. The van der Waals surface area contributed by atoms with Crippen molar-refractivity contribution in [3.8, 4) is 6.07 Å². The molecule has 0 saturated carbocycles. The molecule has 0 radical (unpaired) electrons. The maximum absolute atomic E-state index is 12.9. The Kier molecular flexibility index (Phi) is 4.16. The van der Waals surface area contributed by atoms with Crippen molar-refractivity contribution in [2.24, 2.45) is 0 Å². The van der Waals surface area contributed by atoms with E-state index in [1.54, 1.807) is 4.90 Å². The van der Waals surface area contributed by atoms with Gasteiger partial charge >= 0.3 is 6.18 Å². The van der Waals surface area contributed by atoms with Crippen molar-refractivity contribution in [1.82, 2.24) is 0 Å². The van der Waals surface area contributed by atoms with Gasteiger partial charge < -0.3 is 14.7 Å². The Bertz CT molecular complexity index is 525. The van der Waals surface area contributed by atoms with E-state index < -0.39 is 24.5 Å². The summed E-state index contributed by atoms with van der Waals surface area (Å²) >= 11 is 0. The van der Waals surface area contributed by atoms with Gasteiger partial charge in [0.1, 0.15) is 0 Å². The summed E-state index contributed by atoms with van der Waals surface area (Å²) in [6, 6.07) is 5.72. The summed E-state index contributed by atoms with van der Waals surface area (Å²) in [5.74, 6) is 0. The topological polar surface area (TPSA) is 56.5 Å². The molecular weight excluding hydrogens is 273 g/mol. The highest BCUT2D eigenvalue weighted by atomic mass is 19.4. The average Bonchev–Trinajstić information content (AvgIpc) is 2.45. The van der Waals surface area contributed by atoms with Crippen LogP contribution in [0.15, 0.2) is 18.2 Å². The molecule has 1 aromatic carbocycles. The maximum atomic E-state index is 12.9. The van der Waals surface area contributed by atoms with E-state index in [1.165, 1.54) is 12.1 Å². The third-order valence-electron chi connectivity index (χ3n) is 3.14. The van der Waals surface area contributed by atoms with Crippen LogP contribution in [0.25, 0.3) is 0 Å². The molecular formula is C13H13F3N2O2. The maximum Gasteiger partial charge on any atom is 0.416 e. The molecule has 1 N–H and O–H groups in total. The lowest BCUT2D eigenvalue weighted by molar-refractivity contribution is -0.138. The van der Waals surface area contributed by atoms with Gasteiger partial charge in [0.05, 0.1) is 31.4 Å². The van der Waals surface area contributed by atoms with E-state index in [4.69, 9.17) is 15.1 Å². The summed E-state index contributed by atoms with van der Waals surface area (Å²) in [6.07, 6.45) is -5.16. The van der Waals surface area contributed by atoms with Crippen LogP contribution in [0.5, 0.6) is 0 Å². The van der Waals surface area contributed by atoms with E-state index in [0.29, 0.717) is 18.8 Å². The van der Waals surface area contributed by atoms with Gasteiger partial charge in [0, 0.05) is 12.2 Å². The van der Waals surface area contributed by atoms with Crippen molar-refractivity contribution in [1.29, 1.82) is 5.26 Å². The number of rotatable bonds is 2. The Balaban J connectivity index is 2.31. The van der Waals surface area contributed by atoms with E-state index >= 15 is 0 Å². The number of nitrogens with zero attached hydrogens (tertiary/aromatic N) is 2. The fourth-order valence-corrected chi connectivity index (χ4v) is 2.12. The molecule has 1 saturated heterocycles. The van der Waals surface area contributed by atoms with Crippen molar-refractivity contribution in [3.05, 3.63) is 29.3 Å². The Morgan fingerprint density at radius 3 is 2.80 bits per heavy atom. The van der Waals surface area contributed by atoms with Gasteiger partial charge in [0.2, 0.25) is 0 Å². The molecule has 0 spiro atoms. The van der Waals surface area contributed by atoms with Crippen LogP contribution in [-0.4, -0.2) is 30.9 Å². The first-order valence-electron chi connectivity index (χ1n) is 6.03.